The molecule has 8 nitrogen and oxygen atoms in total. The van der Waals surface area contributed by atoms with E-state index in [1.54, 1.807) is 0 Å². The summed E-state index contributed by atoms with van der Waals surface area (Å²) in [5, 5.41) is 16.4. The molecule has 0 bridgehead atoms. The Hall–Kier alpha value is -2.92. The molecule has 3 rings (SSSR count). The molecule has 34 heavy (non-hydrogen) atoms. The van der Waals surface area contributed by atoms with Crippen molar-refractivity contribution in [2.45, 2.75) is 38.9 Å². The smallest absolute Gasteiger partial charge is 0.545 e. The molecule has 1 saturated heterocycles. The van der Waals surface area contributed by atoms with Crippen LogP contribution in [0.1, 0.15) is 46.5 Å². The number of carboxylic acids is 1. The Bertz CT molecular complexity index is 1010. The first-order valence-electron chi connectivity index (χ1n) is 10.9. The third-order valence-corrected chi connectivity index (χ3v) is 5.49. The molecule has 1 fully saturated rings. The summed E-state index contributed by atoms with van der Waals surface area (Å²) in [6.07, 6.45) is 0.392. The molecule has 0 spiro atoms. The number of likely N-dealkylation sites (tertiary alicyclic amines) is 1. The number of ketones is 1. The van der Waals surface area contributed by atoms with E-state index in [-0.39, 0.29) is 48.2 Å². The summed E-state index contributed by atoms with van der Waals surface area (Å²) in [5.41, 5.74) is 1.28. The van der Waals surface area contributed by atoms with Gasteiger partial charge in [-0.05, 0) is 35.6 Å². The van der Waals surface area contributed by atoms with Gasteiger partial charge in [-0.15, -0.1) is 0 Å². The summed E-state index contributed by atoms with van der Waals surface area (Å²) in [7, 11) is 0. The molecule has 2 aromatic carbocycles. The van der Waals surface area contributed by atoms with E-state index >= 15 is 0 Å². The second-order valence-electron chi connectivity index (χ2n) is 8.70. The van der Waals surface area contributed by atoms with Gasteiger partial charge < -0.3 is 20.5 Å². The molecule has 0 saturated carbocycles. The summed E-state index contributed by atoms with van der Waals surface area (Å²) in [6.45, 7) is 5.15. The molecule has 2 amide bonds. The van der Waals surface area contributed by atoms with Crippen LogP contribution in [0.3, 0.4) is 0 Å². The van der Waals surface area contributed by atoms with Gasteiger partial charge in [-0.25, -0.2) is 0 Å². The predicted octanol–water partition coefficient (Wildman–Crippen LogP) is -2.23. The molecular weight excluding hydrogens is 429 g/mol. The summed E-state index contributed by atoms with van der Waals surface area (Å²) in [6, 6.07) is 13.6. The average Bonchev–Trinajstić information content (AvgIpc) is 3.12. The van der Waals surface area contributed by atoms with Crippen molar-refractivity contribution in [3.63, 3.8) is 0 Å². The summed E-state index contributed by atoms with van der Waals surface area (Å²) >= 11 is 0. The van der Waals surface area contributed by atoms with Crippen LogP contribution < -0.4 is 34.6 Å². The predicted molar refractivity (Wildman–Crippen MR) is 120 cm³/mol. The number of hydrogen-bond donors (Lipinski definition) is 2. The fraction of sp³-hybridized carbons (Fsp3) is 0.360. The first-order valence-corrected chi connectivity index (χ1v) is 10.9. The van der Waals surface area contributed by atoms with Crippen molar-refractivity contribution >= 4 is 23.6 Å². The standard InChI is InChI=1S/C25H29N3O5.Li/c1-16(2)12-20(26-23(30)18-8-10-19(11-9-18)25(32)33)24(31)27-21-14-28(15-22(21)29)13-17-6-4-3-5-7-17;/h3-11,16,20-21H,12-15H2,1-2H3,(H,26,30)(H,27,31)(H,32,33);/q;+1/p-1/t20-,21?;/m0./s1. The normalized spacial score (nSPS) is 16.6. The Morgan fingerprint density at radius 2 is 1.65 bits per heavy atom. The van der Waals surface area contributed by atoms with Crippen LogP contribution in [0.4, 0.5) is 0 Å². The Kier molecular flexibility index (Phi) is 10.1. The maximum Gasteiger partial charge on any atom is 1.00 e. The molecular formula is C25H28LiN3O5. The third kappa shape index (κ3) is 7.56. The van der Waals surface area contributed by atoms with Gasteiger partial charge >= 0.3 is 18.9 Å². The fourth-order valence-electron chi connectivity index (χ4n) is 3.82. The Morgan fingerprint density at radius 3 is 2.24 bits per heavy atom. The van der Waals surface area contributed by atoms with Crippen molar-refractivity contribution in [2.24, 2.45) is 5.92 Å². The summed E-state index contributed by atoms with van der Waals surface area (Å²) in [4.78, 5) is 51.0. The van der Waals surface area contributed by atoms with E-state index in [2.05, 4.69) is 10.6 Å². The first-order chi connectivity index (χ1) is 15.7. The Labute approximate surface area is 211 Å². The number of Topliss-reactive ketones (excluding diaryl/α,β-unsaturated/α-hetero) is 1. The van der Waals surface area contributed by atoms with E-state index in [1.807, 2.05) is 49.1 Å². The number of benzene rings is 2. The van der Waals surface area contributed by atoms with Crippen molar-refractivity contribution in [2.75, 3.05) is 13.1 Å². The van der Waals surface area contributed by atoms with Crippen molar-refractivity contribution in [3.05, 3.63) is 71.3 Å². The van der Waals surface area contributed by atoms with Crippen LogP contribution in [0.2, 0.25) is 0 Å². The van der Waals surface area contributed by atoms with Crippen LogP contribution in [0, 0.1) is 5.92 Å². The molecule has 1 aliphatic heterocycles. The van der Waals surface area contributed by atoms with Crippen molar-refractivity contribution in [1.82, 2.24) is 15.5 Å². The molecule has 1 heterocycles. The van der Waals surface area contributed by atoms with E-state index in [4.69, 9.17) is 0 Å². The number of amides is 2. The number of hydrogen-bond acceptors (Lipinski definition) is 6. The van der Waals surface area contributed by atoms with Gasteiger partial charge in [0.05, 0.1) is 12.5 Å². The van der Waals surface area contributed by atoms with Gasteiger partial charge in [0.25, 0.3) is 5.91 Å². The molecule has 9 heteroatoms. The van der Waals surface area contributed by atoms with Crippen LogP contribution in [0.25, 0.3) is 0 Å². The fourth-order valence-corrected chi connectivity index (χ4v) is 3.82. The van der Waals surface area contributed by atoms with Crippen LogP contribution >= 0.6 is 0 Å². The molecule has 2 atom stereocenters. The van der Waals surface area contributed by atoms with Crippen molar-refractivity contribution < 1.29 is 43.1 Å². The molecule has 2 N–H and O–H groups in total. The maximum absolute atomic E-state index is 13.0. The van der Waals surface area contributed by atoms with Crippen molar-refractivity contribution in [1.29, 1.82) is 0 Å². The second kappa shape index (κ2) is 12.5. The minimum atomic E-state index is -1.33. The maximum atomic E-state index is 13.0. The number of carboxylic acid groups (broad SMARTS) is 1. The quantitative estimate of drug-likeness (QED) is 0.412. The molecule has 1 unspecified atom stereocenters. The molecule has 1 aliphatic rings. The number of carbonyl (C=O) groups is 4. The zero-order valence-electron chi connectivity index (χ0n) is 19.7. The van der Waals surface area contributed by atoms with Gasteiger partial charge in [0.15, 0.2) is 5.78 Å². The second-order valence-corrected chi connectivity index (χ2v) is 8.70. The SMILES string of the molecule is CC(C)C[C@H](NC(=O)c1ccc(C(=O)[O-])cc1)C(=O)NC1CN(Cc2ccccc2)CC1=O.[Li+]. The van der Waals surface area contributed by atoms with E-state index < -0.39 is 29.9 Å². The number of aromatic carboxylic acids is 1. The van der Waals surface area contributed by atoms with Crippen LogP contribution in [0.5, 0.6) is 0 Å². The number of nitrogens with zero attached hydrogens (tertiary/aromatic N) is 1. The van der Waals surface area contributed by atoms with Gasteiger partial charge in [0.1, 0.15) is 12.1 Å². The minimum absolute atomic E-state index is 0. The van der Waals surface area contributed by atoms with E-state index in [0.717, 1.165) is 5.56 Å². The Morgan fingerprint density at radius 1 is 1.03 bits per heavy atom. The zero-order chi connectivity index (χ0) is 24.0. The molecule has 0 aliphatic carbocycles. The minimum Gasteiger partial charge on any atom is -0.545 e. The van der Waals surface area contributed by atoms with Gasteiger partial charge in [0.2, 0.25) is 5.91 Å². The zero-order valence-corrected chi connectivity index (χ0v) is 19.7. The average molecular weight is 457 g/mol. The van der Waals surface area contributed by atoms with E-state index in [0.29, 0.717) is 19.5 Å². The monoisotopic (exact) mass is 457 g/mol. The number of rotatable bonds is 9. The topological polar surface area (TPSA) is 119 Å². The van der Waals surface area contributed by atoms with Crippen LogP contribution in [-0.4, -0.2) is 53.6 Å². The van der Waals surface area contributed by atoms with E-state index in [1.165, 1.54) is 24.3 Å². The largest absolute Gasteiger partial charge is 1.00 e. The third-order valence-electron chi connectivity index (χ3n) is 5.49. The van der Waals surface area contributed by atoms with Crippen LogP contribution in [-0.2, 0) is 16.1 Å². The van der Waals surface area contributed by atoms with Gasteiger partial charge in [-0.1, -0.05) is 56.3 Å². The van der Waals surface area contributed by atoms with Gasteiger partial charge in [0, 0.05) is 18.7 Å². The molecule has 0 aromatic heterocycles. The molecule has 2 aromatic rings. The van der Waals surface area contributed by atoms with Crippen molar-refractivity contribution in [3.8, 4) is 0 Å². The van der Waals surface area contributed by atoms with E-state index in [9.17, 15) is 24.3 Å². The van der Waals surface area contributed by atoms with Gasteiger partial charge in [-0.2, -0.15) is 0 Å². The first kappa shape index (κ1) is 27.3. The number of nitrogens with one attached hydrogen (secondary N) is 2. The molecule has 0 radical (unpaired) electrons. The number of carbonyl (C=O) groups excluding carboxylic acids is 4. The summed E-state index contributed by atoms with van der Waals surface area (Å²) in [5.74, 6) is -2.18. The van der Waals surface area contributed by atoms with Gasteiger partial charge in [-0.3, -0.25) is 19.3 Å². The Balaban J connectivity index is 0.00000408. The van der Waals surface area contributed by atoms with Crippen LogP contribution in [0.15, 0.2) is 54.6 Å². The molecule has 174 valence electrons. The summed E-state index contributed by atoms with van der Waals surface area (Å²) < 4.78 is 0.